The van der Waals surface area contributed by atoms with Gasteiger partial charge in [-0.25, -0.2) is 22.6 Å². The molecule has 3 aromatic carbocycles. The number of amides is 1. The maximum absolute atomic E-state index is 15.5. The summed E-state index contributed by atoms with van der Waals surface area (Å²) in [6.07, 6.45) is -3.30. The highest BCUT2D eigenvalue weighted by atomic mass is 32.2. The fourth-order valence-electron chi connectivity index (χ4n) is 4.74. The molecule has 1 amide bonds. The van der Waals surface area contributed by atoms with Gasteiger partial charge < -0.3 is 25.8 Å². The van der Waals surface area contributed by atoms with Crippen LogP contribution in [0, 0.1) is 5.82 Å². The molecule has 1 aliphatic carbocycles. The maximum atomic E-state index is 15.5. The number of nitrogens with one attached hydrogen (secondary N) is 2. The number of methoxy groups -OCH3 is 1. The Kier molecular flexibility index (Phi) is 8.31. The molecule has 0 aliphatic heterocycles. The number of nitrogens with zero attached hydrogens (tertiary/aromatic N) is 1. The molecule has 1 heterocycles. The number of hydrogen-bond acceptors (Lipinski definition) is 9. The van der Waals surface area contributed by atoms with Crippen molar-refractivity contribution in [2.45, 2.75) is 41.4 Å². The minimum atomic E-state index is -5.60. The van der Waals surface area contributed by atoms with E-state index in [0.29, 0.717) is 23.6 Å². The summed E-state index contributed by atoms with van der Waals surface area (Å²) in [4.78, 5) is 30.4. The number of alkyl halides is 3. The van der Waals surface area contributed by atoms with Crippen LogP contribution in [0.5, 0.6) is 5.75 Å². The largest absolute Gasteiger partial charge is 0.497 e. The number of ether oxygens (including phenoxy) is 2. The smallest absolute Gasteiger partial charge is 0.491 e. The summed E-state index contributed by atoms with van der Waals surface area (Å²) in [7, 11) is -2.55. The number of carbonyl (C=O) groups is 2. The predicted molar refractivity (Wildman–Crippen MR) is 155 cm³/mol. The molecule has 45 heavy (non-hydrogen) atoms. The predicted octanol–water partition coefficient (Wildman–Crippen LogP) is 4.59. The van der Waals surface area contributed by atoms with Crippen LogP contribution < -0.4 is 21.1 Å². The van der Waals surface area contributed by atoms with Gasteiger partial charge in [0.15, 0.2) is 9.84 Å². The van der Waals surface area contributed by atoms with Crippen LogP contribution in [0.25, 0.3) is 10.8 Å². The van der Waals surface area contributed by atoms with Crippen molar-refractivity contribution >= 4 is 44.0 Å². The Hall–Kier alpha value is -4.92. The summed E-state index contributed by atoms with van der Waals surface area (Å²) in [5.74, 6) is -5.41. The zero-order valence-corrected chi connectivity index (χ0v) is 24.3. The summed E-state index contributed by atoms with van der Waals surface area (Å²) in [6.45, 7) is -0.528. The van der Waals surface area contributed by atoms with Crippen LogP contribution in [0.3, 0.4) is 0 Å². The minimum absolute atomic E-state index is 0.0721. The van der Waals surface area contributed by atoms with Gasteiger partial charge in [0.2, 0.25) is 0 Å². The quantitative estimate of drug-likeness (QED) is 0.128. The van der Waals surface area contributed by atoms with E-state index in [4.69, 9.17) is 15.2 Å². The highest BCUT2D eigenvalue weighted by Gasteiger charge is 2.53. The number of nitrogens with two attached hydrogens (primary N) is 1. The zero-order chi connectivity index (χ0) is 32.6. The van der Waals surface area contributed by atoms with Crippen molar-refractivity contribution in [2.75, 3.05) is 18.2 Å². The molecule has 1 unspecified atom stereocenters. The van der Waals surface area contributed by atoms with Crippen molar-refractivity contribution in [1.29, 1.82) is 0 Å². The van der Waals surface area contributed by atoms with Crippen molar-refractivity contribution in [1.82, 2.24) is 10.3 Å². The van der Waals surface area contributed by atoms with E-state index >= 15 is 4.39 Å². The van der Waals surface area contributed by atoms with Crippen molar-refractivity contribution in [2.24, 2.45) is 0 Å². The lowest BCUT2D eigenvalue weighted by molar-refractivity contribution is -0.213. The van der Waals surface area contributed by atoms with Gasteiger partial charge in [-0.3, -0.25) is 4.79 Å². The van der Waals surface area contributed by atoms with Gasteiger partial charge in [-0.15, -0.1) is 0 Å². The van der Waals surface area contributed by atoms with E-state index in [2.05, 4.69) is 15.6 Å². The summed E-state index contributed by atoms with van der Waals surface area (Å²) < 4.78 is 92.6. The molecule has 0 saturated heterocycles. The van der Waals surface area contributed by atoms with Crippen molar-refractivity contribution in [3.63, 3.8) is 0 Å². The van der Waals surface area contributed by atoms with Crippen LogP contribution >= 0.6 is 0 Å². The lowest BCUT2D eigenvalue weighted by atomic mass is 9.98. The minimum Gasteiger partial charge on any atom is -0.497 e. The Morgan fingerprint density at radius 3 is 2.47 bits per heavy atom. The van der Waals surface area contributed by atoms with Gasteiger partial charge in [-0.1, -0.05) is 18.2 Å². The molecule has 5 rings (SSSR count). The maximum Gasteiger partial charge on any atom is 0.491 e. The lowest BCUT2D eigenvalue weighted by Gasteiger charge is -2.34. The van der Waals surface area contributed by atoms with E-state index in [0.717, 1.165) is 18.2 Å². The summed E-state index contributed by atoms with van der Waals surface area (Å²) in [6, 6.07) is 14.3. The zero-order valence-electron chi connectivity index (χ0n) is 23.5. The first kappa shape index (κ1) is 31.5. The first-order valence-corrected chi connectivity index (χ1v) is 15.0. The van der Waals surface area contributed by atoms with E-state index < -0.39 is 56.8 Å². The summed E-state index contributed by atoms with van der Waals surface area (Å²) in [5, 5.41) is 5.16. The molecular weight excluding hydrogens is 620 g/mol. The van der Waals surface area contributed by atoms with Crippen LogP contribution in [-0.2, 0) is 36.4 Å². The van der Waals surface area contributed by atoms with Gasteiger partial charge in [0, 0.05) is 23.8 Å². The molecule has 10 nitrogen and oxygen atoms in total. The van der Waals surface area contributed by atoms with Gasteiger partial charge in [-0.05, 0) is 72.3 Å². The third-order valence-corrected chi connectivity index (χ3v) is 9.51. The number of sulfone groups is 1. The number of pyridine rings is 1. The van der Waals surface area contributed by atoms with Crippen LogP contribution in [0.1, 0.15) is 24.0 Å². The Labute approximate surface area is 254 Å². The Balaban J connectivity index is 1.64. The molecule has 1 saturated carbocycles. The first-order chi connectivity index (χ1) is 21.3. The highest BCUT2D eigenvalue weighted by molar-refractivity contribution is 7.92. The van der Waals surface area contributed by atoms with E-state index in [1.807, 2.05) is 0 Å². The first-order valence-electron chi connectivity index (χ1n) is 13.4. The standard InChI is InChI=1S/C30H26F4N4O6S/c1-43-20-7-11-24(31)23(15-20)29(44-28(40)30(32,33)34,38-19-6-10-22-17(14-19)12-13-36-26(22)35)27(39)37-16-18-4-2-3-5-25(18)45(41,42)21-8-9-21/h2-7,10-15,21,38H,8-9,16H2,1H3,(H2,35,36)(H,37,39). The van der Waals surface area contributed by atoms with Gasteiger partial charge in [0.05, 0.1) is 22.8 Å². The third-order valence-electron chi connectivity index (χ3n) is 7.15. The Morgan fingerprint density at radius 1 is 1.04 bits per heavy atom. The number of esters is 1. The van der Waals surface area contributed by atoms with E-state index in [-0.39, 0.29) is 27.7 Å². The molecule has 236 valence electrons. The van der Waals surface area contributed by atoms with Gasteiger partial charge in [-0.2, -0.15) is 13.2 Å². The lowest BCUT2D eigenvalue weighted by Crippen LogP contribution is -2.55. The summed E-state index contributed by atoms with van der Waals surface area (Å²) >= 11 is 0. The molecule has 1 atom stereocenters. The molecule has 0 spiro atoms. The average Bonchev–Trinajstić information content (AvgIpc) is 3.86. The fourth-order valence-corrected chi connectivity index (χ4v) is 6.63. The highest BCUT2D eigenvalue weighted by Crippen LogP contribution is 2.37. The number of hydrogen-bond donors (Lipinski definition) is 3. The number of halogens is 4. The second-order valence-corrected chi connectivity index (χ2v) is 12.4. The van der Waals surface area contributed by atoms with Crippen molar-refractivity contribution < 1.29 is 45.0 Å². The number of anilines is 2. The van der Waals surface area contributed by atoms with Crippen molar-refractivity contribution in [3.8, 4) is 5.75 Å². The molecule has 1 aromatic heterocycles. The van der Waals surface area contributed by atoms with E-state index in [1.165, 1.54) is 61.8 Å². The Morgan fingerprint density at radius 2 is 1.78 bits per heavy atom. The molecule has 4 N–H and O–H groups in total. The molecule has 1 fully saturated rings. The molecule has 1 aliphatic rings. The number of carbonyl (C=O) groups excluding carboxylic acids is 2. The second-order valence-electron chi connectivity index (χ2n) is 10.2. The van der Waals surface area contributed by atoms with E-state index in [9.17, 15) is 31.2 Å². The molecule has 0 bridgehead atoms. The molecule has 4 aromatic rings. The van der Waals surface area contributed by atoms with Gasteiger partial charge >= 0.3 is 12.1 Å². The second kappa shape index (κ2) is 11.9. The van der Waals surface area contributed by atoms with Crippen LogP contribution in [0.4, 0.5) is 29.1 Å². The molecule has 0 radical (unpaired) electrons. The molecular formula is C30H26F4N4O6S. The topological polar surface area (TPSA) is 150 Å². The number of benzene rings is 3. The number of nitrogen functional groups attached to an aromatic ring is 1. The van der Waals surface area contributed by atoms with Crippen molar-refractivity contribution in [3.05, 3.63) is 89.9 Å². The normalized spacial score (nSPS) is 14.8. The Bertz CT molecular complexity index is 1900. The van der Waals surface area contributed by atoms with Gasteiger partial charge in [0.1, 0.15) is 17.4 Å². The SMILES string of the molecule is COc1ccc(F)c(C(Nc2ccc3c(N)nccc3c2)(OC(=O)C(F)(F)F)C(=O)NCc2ccccc2S(=O)(=O)C2CC2)c1. The average molecular weight is 647 g/mol. The summed E-state index contributed by atoms with van der Waals surface area (Å²) in [5.41, 5.74) is 1.93. The number of aromatic nitrogens is 1. The van der Waals surface area contributed by atoms with E-state index in [1.54, 1.807) is 0 Å². The van der Waals surface area contributed by atoms with Crippen LogP contribution in [0.15, 0.2) is 77.8 Å². The monoisotopic (exact) mass is 646 g/mol. The fraction of sp³-hybridized carbons (Fsp3) is 0.233. The number of rotatable bonds is 10. The van der Waals surface area contributed by atoms with Crippen LogP contribution in [-0.4, -0.2) is 43.8 Å². The van der Waals surface area contributed by atoms with Gasteiger partial charge in [0.25, 0.3) is 11.6 Å². The number of fused-ring (bicyclic) bond motifs is 1. The molecule has 15 heteroatoms. The third kappa shape index (κ3) is 6.34. The van der Waals surface area contributed by atoms with Crippen LogP contribution in [0.2, 0.25) is 0 Å².